The zero-order valence-electron chi connectivity index (χ0n) is 11.4. The average molecular weight is 242 g/mol. The van der Waals surface area contributed by atoms with Gasteiger partial charge in [0.15, 0.2) is 0 Å². The molecule has 2 heteroatoms. The van der Waals surface area contributed by atoms with Gasteiger partial charge in [-0.25, -0.2) is 0 Å². The third-order valence-corrected chi connectivity index (χ3v) is 4.69. The third-order valence-electron chi connectivity index (χ3n) is 4.69. The highest BCUT2D eigenvalue weighted by Crippen LogP contribution is 2.49. The molecule has 1 aromatic carbocycles. The molecule has 1 saturated heterocycles. The summed E-state index contributed by atoms with van der Waals surface area (Å²) in [7, 11) is 0. The van der Waals surface area contributed by atoms with Crippen LogP contribution in [-0.4, -0.2) is 24.0 Å². The van der Waals surface area contributed by atoms with E-state index >= 15 is 0 Å². The van der Waals surface area contributed by atoms with E-state index in [1.807, 2.05) is 0 Å². The summed E-state index contributed by atoms with van der Waals surface area (Å²) in [4.78, 5) is 2.57. The minimum Gasteiger partial charge on any atom is -0.358 e. The predicted octanol–water partition coefficient (Wildman–Crippen LogP) is 3.37. The van der Waals surface area contributed by atoms with Crippen molar-refractivity contribution in [3.63, 3.8) is 0 Å². The highest BCUT2D eigenvalue weighted by Gasteiger charge is 2.44. The lowest BCUT2D eigenvalue weighted by molar-refractivity contribution is 0.146. The molecular weight excluding hydrogens is 220 g/mol. The van der Waals surface area contributed by atoms with Crippen molar-refractivity contribution >= 4 is 5.69 Å². The number of likely N-dealkylation sites (tertiary alicyclic amines) is 1. The van der Waals surface area contributed by atoms with Gasteiger partial charge in [-0.2, -0.15) is 0 Å². The summed E-state index contributed by atoms with van der Waals surface area (Å²) < 4.78 is 0. The second-order valence-electron chi connectivity index (χ2n) is 5.86. The smallest absolute Gasteiger partial charge is 0.0424 e. The van der Waals surface area contributed by atoms with E-state index in [-0.39, 0.29) is 5.41 Å². The molecule has 0 amide bonds. The first-order chi connectivity index (χ1) is 8.63. The monoisotopic (exact) mass is 242 g/mol. The summed E-state index contributed by atoms with van der Waals surface area (Å²) in [6.45, 7) is 11.2. The van der Waals surface area contributed by atoms with E-state index < -0.39 is 0 Å². The van der Waals surface area contributed by atoms with Crippen molar-refractivity contribution in [2.24, 2.45) is 0 Å². The maximum Gasteiger partial charge on any atom is 0.0424 e. The van der Waals surface area contributed by atoms with Crippen LogP contribution >= 0.6 is 0 Å². The Hall–Kier alpha value is -1.28. The number of para-hydroxylation sites is 1. The Morgan fingerprint density at radius 1 is 1.22 bits per heavy atom. The molecule has 0 atom stereocenters. The van der Waals surface area contributed by atoms with Crippen molar-refractivity contribution in [2.75, 3.05) is 18.4 Å². The van der Waals surface area contributed by atoms with Crippen LogP contribution in [0.15, 0.2) is 36.5 Å². The second kappa shape index (κ2) is 4.13. The first-order valence-corrected chi connectivity index (χ1v) is 6.93. The van der Waals surface area contributed by atoms with Crippen LogP contribution in [0.2, 0.25) is 0 Å². The minimum atomic E-state index is 0.183. The van der Waals surface area contributed by atoms with E-state index in [0.29, 0.717) is 6.04 Å². The summed E-state index contributed by atoms with van der Waals surface area (Å²) in [5, 5.41) is 3.49. The number of hydrogen-bond donors (Lipinski definition) is 1. The molecule has 1 aromatic rings. The van der Waals surface area contributed by atoms with Gasteiger partial charge in [0.05, 0.1) is 0 Å². The van der Waals surface area contributed by atoms with E-state index in [9.17, 15) is 0 Å². The van der Waals surface area contributed by atoms with Crippen molar-refractivity contribution in [2.45, 2.75) is 38.1 Å². The minimum absolute atomic E-state index is 0.183. The fourth-order valence-electron chi connectivity index (χ4n) is 3.45. The molecule has 0 radical (unpaired) electrons. The lowest BCUT2D eigenvalue weighted by atomic mass is 9.72. The number of hydrogen-bond acceptors (Lipinski definition) is 2. The van der Waals surface area contributed by atoms with Gasteiger partial charge in [0, 0.05) is 22.8 Å². The van der Waals surface area contributed by atoms with Gasteiger partial charge in [0.25, 0.3) is 0 Å². The molecule has 96 valence electrons. The fraction of sp³-hybridized carbons (Fsp3) is 0.500. The quantitative estimate of drug-likeness (QED) is 0.812. The number of anilines is 1. The lowest BCUT2D eigenvalue weighted by Gasteiger charge is -2.41. The number of nitrogens with zero attached hydrogens (tertiary/aromatic N) is 1. The van der Waals surface area contributed by atoms with Crippen LogP contribution in [-0.2, 0) is 5.41 Å². The van der Waals surface area contributed by atoms with Gasteiger partial charge in [0.1, 0.15) is 0 Å². The van der Waals surface area contributed by atoms with E-state index in [1.54, 1.807) is 0 Å². The topological polar surface area (TPSA) is 15.3 Å². The first-order valence-electron chi connectivity index (χ1n) is 6.93. The van der Waals surface area contributed by atoms with E-state index in [2.05, 4.69) is 54.9 Å². The normalized spacial score (nSPS) is 22.3. The van der Waals surface area contributed by atoms with Gasteiger partial charge in [-0.05, 0) is 51.4 Å². The molecule has 0 saturated carbocycles. The number of fused-ring (bicyclic) bond motifs is 2. The van der Waals surface area contributed by atoms with Gasteiger partial charge in [-0.1, -0.05) is 24.8 Å². The Balaban J connectivity index is 1.91. The van der Waals surface area contributed by atoms with Crippen LogP contribution in [0.1, 0.15) is 32.3 Å². The van der Waals surface area contributed by atoms with Crippen LogP contribution in [0.25, 0.3) is 0 Å². The highest BCUT2D eigenvalue weighted by atomic mass is 15.2. The number of rotatable bonds is 1. The van der Waals surface area contributed by atoms with Crippen LogP contribution in [0.4, 0.5) is 5.69 Å². The molecular formula is C16H22N2. The number of allylic oxidation sites excluding steroid dienone is 1. The average Bonchev–Trinajstić information content (AvgIpc) is 2.64. The lowest BCUT2D eigenvalue weighted by Crippen LogP contribution is -2.45. The molecule has 3 rings (SSSR count). The second-order valence-corrected chi connectivity index (χ2v) is 5.86. The van der Waals surface area contributed by atoms with Crippen LogP contribution in [0.3, 0.4) is 0 Å². The molecule has 2 aliphatic rings. The van der Waals surface area contributed by atoms with Crippen molar-refractivity contribution < 1.29 is 0 Å². The SMILES string of the molecule is C=C1Nc2ccccc2C12CCN(C(C)C)CC2. The molecule has 2 aliphatic heterocycles. The summed E-state index contributed by atoms with van der Waals surface area (Å²) in [6, 6.07) is 9.34. The maximum absolute atomic E-state index is 4.29. The number of nitrogens with one attached hydrogen (secondary N) is 1. The molecule has 18 heavy (non-hydrogen) atoms. The zero-order valence-corrected chi connectivity index (χ0v) is 11.4. The molecule has 0 unspecified atom stereocenters. The summed E-state index contributed by atoms with van der Waals surface area (Å²) >= 11 is 0. The van der Waals surface area contributed by atoms with Gasteiger partial charge in [-0.3, -0.25) is 0 Å². The third kappa shape index (κ3) is 1.59. The Morgan fingerprint density at radius 3 is 2.56 bits per heavy atom. The molecule has 1 spiro atoms. The van der Waals surface area contributed by atoms with Crippen LogP contribution in [0, 0.1) is 0 Å². The number of benzene rings is 1. The van der Waals surface area contributed by atoms with Gasteiger partial charge < -0.3 is 10.2 Å². The van der Waals surface area contributed by atoms with Gasteiger partial charge >= 0.3 is 0 Å². The number of piperidine rings is 1. The van der Waals surface area contributed by atoms with Gasteiger partial charge in [0.2, 0.25) is 0 Å². The predicted molar refractivity (Wildman–Crippen MR) is 76.8 cm³/mol. The molecule has 2 nitrogen and oxygen atoms in total. The Morgan fingerprint density at radius 2 is 1.89 bits per heavy atom. The Bertz CT molecular complexity index is 468. The van der Waals surface area contributed by atoms with Crippen molar-refractivity contribution in [1.29, 1.82) is 0 Å². The Kier molecular flexibility index (Phi) is 2.70. The molecule has 1 N–H and O–H groups in total. The van der Waals surface area contributed by atoms with Crippen molar-refractivity contribution in [3.8, 4) is 0 Å². The van der Waals surface area contributed by atoms with E-state index in [0.717, 1.165) is 0 Å². The maximum atomic E-state index is 4.29. The molecule has 2 heterocycles. The molecule has 0 aromatic heterocycles. The van der Waals surface area contributed by atoms with E-state index in [4.69, 9.17) is 0 Å². The zero-order chi connectivity index (χ0) is 12.8. The molecule has 1 fully saturated rings. The summed E-state index contributed by atoms with van der Waals surface area (Å²) in [5.74, 6) is 0. The summed E-state index contributed by atoms with van der Waals surface area (Å²) in [6.07, 6.45) is 2.38. The van der Waals surface area contributed by atoms with Crippen molar-refractivity contribution in [3.05, 3.63) is 42.1 Å². The van der Waals surface area contributed by atoms with Gasteiger partial charge in [-0.15, -0.1) is 0 Å². The Labute approximate surface area is 110 Å². The largest absolute Gasteiger partial charge is 0.358 e. The van der Waals surface area contributed by atoms with Crippen molar-refractivity contribution in [1.82, 2.24) is 4.90 Å². The van der Waals surface area contributed by atoms with E-state index in [1.165, 1.54) is 42.9 Å². The van der Waals surface area contributed by atoms with Crippen LogP contribution < -0.4 is 5.32 Å². The molecule has 0 bridgehead atoms. The summed E-state index contributed by atoms with van der Waals surface area (Å²) in [5.41, 5.74) is 4.10. The highest BCUT2D eigenvalue weighted by molar-refractivity contribution is 5.68. The fourth-order valence-corrected chi connectivity index (χ4v) is 3.45. The molecule has 0 aliphatic carbocycles. The standard InChI is InChI=1S/C16H22N2/c1-12(2)18-10-8-16(9-11-18)13(3)17-15-7-5-4-6-14(15)16/h4-7,12,17H,3,8-11H2,1-2H3. The first kappa shape index (κ1) is 11.8. The van der Waals surface area contributed by atoms with Crippen LogP contribution in [0.5, 0.6) is 0 Å².